The van der Waals surface area contributed by atoms with E-state index in [0.717, 1.165) is 0 Å². The maximum atomic E-state index is 12.3. The summed E-state index contributed by atoms with van der Waals surface area (Å²) in [4.78, 5) is 39.3. The van der Waals surface area contributed by atoms with E-state index < -0.39 is 10.9 Å². The average molecular weight is 250 g/mol. The SMILES string of the molecule is [N-]=[N+]=c1ccc2c(=O)c3ccccc3c(=O)c=2c1=O. The molecule has 2 aliphatic rings. The van der Waals surface area contributed by atoms with Crippen molar-refractivity contribution < 1.29 is 4.79 Å². The molecule has 0 unspecified atom stereocenters. The van der Waals surface area contributed by atoms with Gasteiger partial charge < -0.3 is 5.53 Å². The van der Waals surface area contributed by atoms with Crippen LogP contribution in [0.3, 0.4) is 0 Å². The Bertz CT molecular complexity index is 1120. The van der Waals surface area contributed by atoms with Crippen LogP contribution in [0.4, 0.5) is 0 Å². The van der Waals surface area contributed by atoms with Gasteiger partial charge in [-0.05, 0) is 6.07 Å². The molecule has 0 spiro atoms. The lowest BCUT2D eigenvalue weighted by Gasteiger charge is -1.95. The minimum atomic E-state index is -0.729. The molecule has 0 heterocycles. The van der Waals surface area contributed by atoms with Gasteiger partial charge in [0.1, 0.15) is 0 Å². The van der Waals surface area contributed by atoms with E-state index in [-0.39, 0.29) is 32.0 Å². The standard InChI is InChI=1S/C14H6N2O3/c15-16-10-6-5-9-11(14(10)19)13(18)8-4-2-1-3-7(8)12(9)17/h1-6H. The molecule has 0 saturated heterocycles. The molecule has 0 atom stereocenters. The summed E-state index contributed by atoms with van der Waals surface area (Å²) in [5.74, 6) is 0. The highest BCUT2D eigenvalue weighted by Crippen LogP contribution is 2.04. The molecule has 5 nitrogen and oxygen atoms in total. The van der Waals surface area contributed by atoms with Crippen molar-refractivity contribution >= 4 is 10.8 Å². The van der Waals surface area contributed by atoms with E-state index in [0.29, 0.717) is 0 Å². The molecule has 0 N–H and O–H groups in total. The maximum Gasteiger partial charge on any atom is 0.362 e. The van der Waals surface area contributed by atoms with Gasteiger partial charge in [0.25, 0.3) is 5.43 Å². The molecule has 0 bridgehead atoms. The number of rotatable bonds is 0. The van der Waals surface area contributed by atoms with Crippen molar-refractivity contribution in [2.24, 2.45) is 0 Å². The Kier molecular flexibility index (Phi) is 2.24. The molecule has 1 aromatic rings. The molecule has 3 rings (SSSR count). The smallest absolute Gasteiger partial charge is 0.361 e. The quantitative estimate of drug-likeness (QED) is 0.403. The Morgan fingerprint density at radius 1 is 0.789 bits per heavy atom. The lowest BCUT2D eigenvalue weighted by atomic mass is 10.0. The van der Waals surface area contributed by atoms with Crippen molar-refractivity contribution in [2.75, 3.05) is 0 Å². The monoisotopic (exact) mass is 250 g/mol. The molecule has 0 radical (unpaired) electrons. The summed E-state index contributed by atoms with van der Waals surface area (Å²) in [5.41, 5.74) is 7.09. The molecule has 0 aromatic heterocycles. The summed E-state index contributed by atoms with van der Waals surface area (Å²) in [6.07, 6.45) is 0. The van der Waals surface area contributed by atoms with E-state index in [1.54, 1.807) is 18.2 Å². The van der Waals surface area contributed by atoms with Gasteiger partial charge in [-0.25, -0.2) is 0 Å². The van der Waals surface area contributed by atoms with Crippen LogP contribution >= 0.6 is 0 Å². The van der Waals surface area contributed by atoms with Crippen LogP contribution in [0.2, 0.25) is 0 Å². The third-order valence-electron chi connectivity index (χ3n) is 3.13. The second-order valence-electron chi connectivity index (χ2n) is 4.14. The second-order valence-corrected chi connectivity index (χ2v) is 4.14. The highest BCUT2D eigenvalue weighted by atomic mass is 16.1. The van der Waals surface area contributed by atoms with Gasteiger partial charge in [-0.1, -0.05) is 24.3 Å². The lowest BCUT2D eigenvalue weighted by molar-refractivity contribution is -0.0667. The second kappa shape index (κ2) is 3.80. The minimum Gasteiger partial charge on any atom is -0.361 e. The highest BCUT2D eigenvalue weighted by Gasteiger charge is 2.12. The number of hydrogen-bond acceptors (Lipinski definition) is 3. The van der Waals surface area contributed by atoms with Crippen LogP contribution in [0.15, 0.2) is 50.8 Å². The number of benzene rings is 1. The molecular weight excluding hydrogens is 244 g/mol. The zero-order valence-electron chi connectivity index (χ0n) is 9.58. The molecule has 0 aliphatic heterocycles. The van der Waals surface area contributed by atoms with Crippen molar-refractivity contribution in [3.8, 4) is 0 Å². The normalized spacial score (nSPS) is 10.7. The van der Waals surface area contributed by atoms with E-state index in [2.05, 4.69) is 4.79 Å². The summed E-state index contributed by atoms with van der Waals surface area (Å²) >= 11 is 0. The Balaban J connectivity index is 2.96. The van der Waals surface area contributed by atoms with Gasteiger partial charge in [-0.2, -0.15) is 4.79 Å². The van der Waals surface area contributed by atoms with Crippen LogP contribution in [0.5, 0.6) is 0 Å². The summed E-state index contributed by atoms with van der Waals surface area (Å²) in [5, 5.41) is 0.0691. The van der Waals surface area contributed by atoms with Gasteiger partial charge in [0.05, 0.1) is 5.22 Å². The van der Waals surface area contributed by atoms with Crippen LogP contribution in [0.25, 0.3) is 16.3 Å². The average Bonchev–Trinajstić information content (AvgIpc) is 2.44. The zero-order chi connectivity index (χ0) is 13.6. The summed E-state index contributed by atoms with van der Waals surface area (Å²) in [6, 6.07) is 8.89. The van der Waals surface area contributed by atoms with E-state index in [9.17, 15) is 14.4 Å². The van der Waals surface area contributed by atoms with Crippen LogP contribution in [0, 0.1) is 10.4 Å². The molecule has 0 amide bonds. The maximum absolute atomic E-state index is 12.3. The Hall–Kier alpha value is -2.91. The summed E-state index contributed by atoms with van der Waals surface area (Å²) in [6.45, 7) is 0. The predicted molar refractivity (Wildman–Crippen MR) is 67.2 cm³/mol. The number of nitrogens with zero attached hydrogens (tertiary/aromatic N) is 2. The zero-order valence-corrected chi connectivity index (χ0v) is 9.58. The Labute approximate surface area is 105 Å². The fourth-order valence-electron chi connectivity index (χ4n) is 2.22. The summed E-state index contributed by atoms with van der Waals surface area (Å²) < 4.78 is 0. The largest absolute Gasteiger partial charge is 0.362 e. The van der Waals surface area contributed by atoms with Crippen molar-refractivity contribution in [1.82, 2.24) is 0 Å². The van der Waals surface area contributed by atoms with E-state index >= 15 is 0 Å². The van der Waals surface area contributed by atoms with E-state index in [1.165, 1.54) is 18.2 Å². The Morgan fingerprint density at radius 3 is 2.05 bits per heavy atom. The van der Waals surface area contributed by atoms with Gasteiger partial charge in [0.2, 0.25) is 0 Å². The van der Waals surface area contributed by atoms with Crippen molar-refractivity contribution in [1.29, 1.82) is 0 Å². The first-order chi connectivity index (χ1) is 9.15. The third-order valence-corrected chi connectivity index (χ3v) is 3.13. The van der Waals surface area contributed by atoms with Crippen molar-refractivity contribution in [3.05, 3.63) is 88.4 Å². The molecule has 5 heteroatoms. The fourth-order valence-corrected chi connectivity index (χ4v) is 2.22. The van der Waals surface area contributed by atoms with Crippen molar-refractivity contribution in [2.45, 2.75) is 0 Å². The van der Waals surface area contributed by atoms with Gasteiger partial charge >= 0.3 is 5.36 Å². The Morgan fingerprint density at radius 2 is 1.42 bits per heavy atom. The molecule has 0 saturated carbocycles. The fraction of sp³-hybridized carbons (Fsp3) is 0. The molecule has 19 heavy (non-hydrogen) atoms. The van der Waals surface area contributed by atoms with Crippen LogP contribution < -0.4 is 21.6 Å². The molecule has 1 aromatic carbocycles. The highest BCUT2D eigenvalue weighted by molar-refractivity contribution is 5.82. The summed E-state index contributed by atoms with van der Waals surface area (Å²) in [7, 11) is 0. The first-order valence-electron chi connectivity index (χ1n) is 5.52. The first-order valence-corrected chi connectivity index (χ1v) is 5.52. The lowest BCUT2D eigenvalue weighted by Crippen LogP contribution is -2.33. The first kappa shape index (κ1) is 11.2. The number of hydrogen-bond donors (Lipinski definition) is 0. The van der Waals surface area contributed by atoms with Crippen LogP contribution in [0.1, 0.15) is 0 Å². The molecular formula is C14H6N2O3. The predicted octanol–water partition coefficient (Wildman–Crippen LogP) is -0.349. The van der Waals surface area contributed by atoms with Gasteiger partial charge in [0, 0.05) is 22.1 Å². The van der Waals surface area contributed by atoms with Crippen LogP contribution in [-0.4, -0.2) is 4.79 Å². The van der Waals surface area contributed by atoms with E-state index in [4.69, 9.17) is 5.53 Å². The molecule has 90 valence electrons. The van der Waals surface area contributed by atoms with Gasteiger partial charge in [-0.3, -0.25) is 14.4 Å². The molecule has 2 aliphatic carbocycles. The minimum absolute atomic E-state index is 0.0566. The van der Waals surface area contributed by atoms with Gasteiger partial charge in [0.15, 0.2) is 10.9 Å². The van der Waals surface area contributed by atoms with Gasteiger partial charge in [-0.15, -0.1) is 0 Å². The van der Waals surface area contributed by atoms with Crippen LogP contribution in [-0.2, 0) is 0 Å². The topological polar surface area (TPSA) is 87.6 Å². The van der Waals surface area contributed by atoms with E-state index in [1.807, 2.05) is 0 Å². The number of fused-ring (bicyclic) bond motifs is 1. The molecule has 0 fully saturated rings. The van der Waals surface area contributed by atoms with Crippen molar-refractivity contribution in [3.63, 3.8) is 0 Å². The third kappa shape index (κ3) is 1.39.